The molecule has 18 heavy (non-hydrogen) atoms. The van der Waals surface area contributed by atoms with Gasteiger partial charge >= 0.3 is 5.97 Å². The molecule has 0 bridgehead atoms. The van der Waals surface area contributed by atoms with Crippen LogP contribution in [0.15, 0.2) is 35.3 Å². The Morgan fingerprint density at radius 1 is 1.44 bits per heavy atom. The third kappa shape index (κ3) is 8.18. The summed E-state index contributed by atoms with van der Waals surface area (Å²) in [4.78, 5) is 11.5. The monoisotopic (exact) mass is 268 g/mol. The smallest absolute Gasteiger partial charge is 0.304 e. The van der Waals surface area contributed by atoms with Crippen LogP contribution in [0.2, 0.25) is 0 Å². The van der Waals surface area contributed by atoms with Crippen LogP contribution in [0.1, 0.15) is 40.0 Å². The van der Waals surface area contributed by atoms with Crippen LogP contribution in [-0.2, 0) is 4.79 Å². The number of hydrogen-bond donors (Lipinski definition) is 1. The molecule has 0 heterocycles. The minimum absolute atomic E-state index is 0.193. The minimum Gasteiger partial charge on any atom is -0.481 e. The van der Waals surface area contributed by atoms with Crippen LogP contribution < -0.4 is 0 Å². The van der Waals surface area contributed by atoms with E-state index in [9.17, 15) is 4.79 Å². The van der Waals surface area contributed by atoms with Gasteiger partial charge in [0.1, 0.15) is 0 Å². The summed E-state index contributed by atoms with van der Waals surface area (Å²) in [5, 5.41) is 8.59. The molecule has 3 heteroatoms. The number of carboxylic acid groups (broad SMARTS) is 1. The summed E-state index contributed by atoms with van der Waals surface area (Å²) in [6.07, 6.45) is 8.60. The Kier molecular flexibility index (Phi) is 9.47. The second-order valence-corrected chi connectivity index (χ2v) is 5.45. The van der Waals surface area contributed by atoms with Crippen molar-refractivity contribution in [3.8, 4) is 0 Å². The van der Waals surface area contributed by atoms with E-state index in [0.29, 0.717) is 11.7 Å². The van der Waals surface area contributed by atoms with Crippen LogP contribution in [-0.4, -0.2) is 16.8 Å². The molecule has 0 aromatic rings. The lowest BCUT2D eigenvalue weighted by molar-refractivity contribution is -0.136. The molecule has 0 aromatic heterocycles. The largest absolute Gasteiger partial charge is 0.481 e. The van der Waals surface area contributed by atoms with E-state index in [2.05, 4.69) is 45.6 Å². The van der Waals surface area contributed by atoms with Crippen molar-refractivity contribution in [2.24, 2.45) is 5.92 Å². The van der Waals surface area contributed by atoms with Gasteiger partial charge in [-0.3, -0.25) is 4.79 Å². The molecule has 1 N–H and O–H groups in total. The van der Waals surface area contributed by atoms with Gasteiger partial charge in [-0.05, 0) is 24.7 Å². The quantitative estimate of drug-likeness (QED) is 0.619. The molecule has 0 fully saturated rings. The summed E-state index contributed by atoms with van der Waals surface area (Å²) in [6.45, 7) is 10.4. The van der Waals surface area contributed by atoms with Gasteiger partial charge in [0.2, 0.25) is 0 Å². The highest BCUT2D eigenvalue weighted by Crippen LogP contribution is 2.26. The Morgan fingerprint density at radius 3 is 2.61 bits per heavy atom. The molecule has 2 nitrogen and oxygen atoms in total. The molecule has 0 radical (unpaired) electrons. The zero-order chi connectivity index (χ0) is 14.0. The molecule has 0 saturated heterocycles. The van der Waals surface area contributed by atoms with Crippen LogP contribution in [0, 0.1) is 5.92 Å². The van der Waals surface area contributed by atoms with Crippen molar-refractivity contribution >= 4 is 17.7 Å². The maximum atomic E-state index is 10.4. The van der Waals surface area contributed by atoms with Crippen LogP contribution in [0.25, 0.3) is 0 Å². The zero-order valence-corrected chi connectivity index (χ0v) is 12.4. The molecule has 0 aliphatic carbocycles. The van der Waals surface area contributed by atoms with Gasteiger partial charge in [0.25, 0.3) is 0 Å². The lowest BCUT2D eigenvalue weighted by Crippen LogP contribution is -1.99. The fourth-order valence-electron chi connectivity index (χ4n) is 1.32. The number of hydrogen-bond acceptors (Lipinski definition) is 2. The van der Waals surface area contributed by atoms with Crippen LogP contribution in [0.3, 0.4) is 0 Å². The topological polar surface area (TPSA) is 37.3 Å². The molecule has 0 amide bonds. The molecule has 0 saturated carbocycles. The maximum absolute atomic E-state index is 10.4. The summed E-state index contributed by atoms with van der Waals surface area (Å²) < 4.78 is 0. The molecule has 102 valence electrons. The normalized spacial score (nSPS) is 13.8. The Hall–Kier alpha value is -0.960. The van der Waals surface area contributed by atoms with Crippen LogP contribution in [0.5, 0.6) is 0 Å². The Labute approximate surface area is 115 Å². The number of aliphatic carboxylic acids is 1. The van der Waals surface area contributed by atoms with Crippen LogP contribution in [0.4, 0.5) is 0 Å². The van der Waals surface area contributed by atoms with Crippen molar-refractivity contribution in [3.05, 3.63) is 35.3 Å². The standard InChI is InChI=1S/C15H24O2S/c1-5-12(3)8-7-9-14(6-2)13(4)18-11-10-15(16)17/h7-9,14H,4-6,10-11H2,1-3H3,(H,16,17)/b9-7-,12-8-. The van der Waals surface area contributed by atoms with E-state index >= 15 is 0 Å². The fourth-order valence-corrected chi connectivity index (χ4v) is 2.32. The van der Waals surface area contributed by atoms with E-state index in [-0.39, 0.29) is 6.42 Å². The number of rotatable bonds is 9. The van der Waals surface area contributed by atoms with E-state index in [1.165, 1.54) is 5.57 Å². The van der Waals surface area contributed by atoms with Crippen molar-refractivity contribution in [2.75, 3.05) is 5.75 Å². The number of carboxylic acids is 1. The highest BCUT2D eigenvalue weighted by Gasteiger charge is 2.07. The Balaban J connectivity index is 4.23. The summed E-state index contributed by atoms with van der Waals surface area (Å²) in [5.41, 5.74) is 1.35. The Morgan fingerprint density at radius 2 is 2.11 bits per heavy atom. The van der Waals surface area contributed by atoms with Gasteiger partial charge in [0, 0.05) is 11.7 Å². The van der Waals surface area contributed by atoms with Gasteiger partial charge in [0.05, 0.1) is 6.42 Å². The SMILES string of the molecule is C=C(SCCC(=O)O)C(/C=C\C=C(\C)CC)CC. The first-order chi connectivity index (χ1) is 8.51. The maximum Gasteiger partial charge on any atom is 0.304 e. The van der Waals surface area contributed by atoms with Gasteiger partial charge < -0.3 is 5.11 Å². The first-order valence-electron chi connectivity index (χ1n) is 6.38. The second-order valence-electron chi connectivity index (χ2n) is 4.22. The first-order valence-corrected chi connectivity index (χ1v) is 7.37. The first kappa shape index (κ1) is 17.0. The van der Waals surface area contributed by atoms with Crippen molar-refractivity contribution in [2.45, 2.75) is 40.0 Å². The van der Waals surface area contributed by atoms with E-state index in [0.717, 1.165) is 17.7 Å². The van der Waals surface area contributed by atoms with Crippen LogP contribution >= 0.6 is 11.8 Å². The van der Waals surface area contributed by atoms with E-state index in [1.807, 2.05) is 0 Å². The number of thioether (sulfide) groups is 1. The molecule has 0 aromatic carbocycles. The molecule has 0 spiro atoms. The van der Waals surface area contributed by atoms with E-state index in [4.69, 9.17) is 5.11 Å². The molecule has 0 aliphatic rings. The average Bonchev–Trinajstić information content (AvgIpc) is 2.33. The summed E-state index contributed by atoms with van der Waals surface area (Å²) >= 11 is 1.55. The highest BCUT2D eigenvalue weighted by atomic mass is 32.2. The molecular formula is C15H24O2S. The number of allylic oxidation sites excluding steroid dienone is 5. The van der Waals surface area contributed by atoms with Gasteiger partial charge in [-0.2, -0.15) is 0 Å². The van der Waals surface area contributed by atoms with Crippen molar-refractivity contribution in [3.63, 3.8) is 0 Å². The summed E-state index contributed by atoms with van der Waals surface area (Å²) in [5.74, 6) is 0.174. The number of carbonyl (C=O) groups is 1. The third-order valence-corrected chi connectivity index (χ3v) is 3.82. The van der Waals surface area contributed by atoms with Gasteiger partial charge in [0.15, 0.2) is 0 Å². The van der Waals surface area contributed by atoms with Gasteiger partial charge in [-0.1, -0.05) is 44.2 Å². The molecule has 0 rings (SSSR count). The Bertz CT molecular complexity index is 329. The lowest BCUT2D eigenvalue weighted by Gasteiger charge is -2.12. The zero-order valence-electron chi connectivity index (χ0n) is 11.6. The van der Waals surface area contributed by atoms with Crippen molar-refractivity contribution in [1.29, 1.82) is 0 Å². The predicted octanol–water partition coefficient (Wildman–Crippen LogP) is 4.65. The predicted molar refractivity (Wildman–Crippen MR) is 80.8 cm³/mol. The van der Waals surface area contributed by atoms with E-state index < -0.39 is 5.97 Å². The van der Waals surface area contributed by atoms with Crippen molar-refractivity contribution < 1.29 is 9.90 Å². The fraction of sp³-hybridized carbons (Fsp3) is 0.533. The lowest BCUT2D eigenvalue weighted by atomic mass is 10.1. The molecule has 1 atom stereocenters. The van der Waals surface area contributed by atoms with Gasteiger partial charge in [-0.25, -0.2) is 0 Å². The molecular weight excluding hydrogens is 244 g/mol. The highest BCUT2D eigenvalue weighted by molar-refractivity contribution is 8.03. The summed E-state index contributed by atoms with van der Waals surface area (Å²) in [6, 6.07) is 0. The van der Waals surface area contributed by atoms with Crippen molar-refractivity contribution in [1.82, 2.24) is 0 Å². The second kappa shape index (κ2) is 10.0. The van der Waals surface area contributed by atoms with E-state index in [1.54, 1.807) is 11.8 Å². The summed E-state index contributed by atoms with van der Waals surface area (Å²) in [7, 11) is 0. The molecule has 0 aliphatic heterocycles. The average molecular weight is 268 g/mol. The molecule has 1 unspecified atom stereocenters. The van der Waals surface area contributed by atoms with Gasteiger partial charge in [-0.15, -0.1) is 11.8 Å². The minimum atomic E-state index is -0.750. The third-order valence-electron chi connectivity index (χ3n) is 2.74.